The Morgan fingerprint density at radius 1 is 1.71 bits per heavy atom. The van der Waals surface area contributed by atoms with Gasteiger partial charge in [-0.1, -0.05) is 12.7 Å². The Kier molecular flexibility index (Phi) is 3.58. The van der Waals surface area contributed by atoms with Crippen LogP contribution in [0.1, 0.15) is 5.76 Å². The molecule has 1 aromatic heterocycles. The summed E-state index contributed by atoms with van der Waals surface area (Å²) in [6.45, 7) is 1.89. The first kappa shape index (κ1) is 7.38. The Morgan fingerprint density at radius 2 is 2.43 bits per heavy atom. The molecule has 0 aliphatic heterocycles. The summed E-state index contributed by atoms with van der Waals surface area (Å²) in [4.78, 5) is 0. The molecule has 0 atom stereocenters. The van der Waals surface area contributed by atoms with E-state index in [0.29, 0.717) is 0 Å². The standard InChI is InChI=1S/C5H5O.Y/c1-5-3-2-4-6-5;/h3-4H,1H3;/q-1;. The molecule has 1 aromatic rings. The maximum Gasteiger partial charge on any atom is 0 e. The molecule has 0 aliphatic rings. The fraction of sp³-hybridized carbons (Fsp3) is 0.200. The van der Waals surface area contributed by atoms with Crippen LogP contribution in [0.4, 0.5) is 0 Å². The van der Waals surface area contributed by atoms with Crippen LogP contribution < -0.4 is 0 Å². The average molecular weight is 170 g/mol. The molecule has 1 heterocycles. The van der Waals surface area contributed by atoms with Crippen molar-refractivity contribution in [3.8, 4) is 0 Å². The van der Waals surface area contributed by atoms with E-state index in [0.717, 1.165) is 5.76 Å². The van der Waals surface area contributed by atoms with E-state index in [9.17, 15) is 0 Å². The third kappa shape index (κ3) is 2.25. The van der Waals surface area contributed by atoms with Crippen molar-refractivity contribution in [1.29, 1.82) is 0 Å². The van der Waals surface area contributed by atoms with Crippen LogP contribution in [0, 0.1) is 13.0 Å². The molecule has 1 rings (SSSR count). The van der Waals surface area contributed by atoms with Gasteiger partial charge < -0.3 is 4.42 Å². The van der Waals surface area contributed by atoms with E-state index in [1.165, 1.54) is 6.26 Å². The topological polar surface area (TPSA) is 13.1 Å². The van der Waals surface area contributed by atoms with Crippen molar-refractivity contribution < 1.29 is 37.1 Å². The molecule has 0 aliphatic carbocycles. The summed E-state index contributed by atoms with van der Waals surface area (Å²) in [6.07, 6.45) is 1.54. The second-order valence-electron chi connectivity index (χ2n) is 1.16. The van der Waals surface area contributed by atoms with Crippen LogP contribution in [0.3, 0.4) is 0 Å². The minimum atomic E-state index is 0. The third-order valence-corrected chi connectivity index (χ3v) is 0.599. The van der Waals surface area contributed by atoms with Gasteiger partial charge in [0.1, 0.15) is 0 Å². The van der Waals surface area contributed by atoms with Gasteiger partial charge in [0.25, 0.3) is 0 Å². The molecule has 0 saturated heterocycles. The van der Waals surface area contributed by atoms with E-state index in [-0.39, 0.29) is 32.7 Å². The van der Waals surface area contributed by atoms with Crippen LogP contribution in [0.15, 0.2) is 16.7 Å². The second-order valence-corrected chi connectivity index (χ2v) is 1.16. The molecule has 0 spiro atoms. The van der Waals surface area contributed by atoms with Crippen molar-refractivity contribution >= 4 is 0 Å². The number of hydrogen-bond acceptors (Lipinski definition) is 1. The van der Waals surface area contributed by atoms with E-state index in [2.05, 4.69) is 6.07 Å². The Labute approximate surface area is 68.0 Å². The van der Waals surface area contributed by atoms with E-state index >= 15 is 0 Å². The summed E-state index contributed by atoms with van der Waals surface area (Å²) in [6, 6.07) is 4.55. The zero-order chi connectivity index (χ0) is 4.41. The molecule has 0 bridgehead atoms. The van der Waals surface area contributed by atoms with Crippen LogP contribution >= 0.6 is 0 Å². The number of aryl methyl sites for hydroxylation is 1. The number of hydrogen-bond donors (Lipinski definition) is 0. The molecule has 0 fully saturated rings. The fourth-order valence-electron chi connectivity index (χ4n) is 0.312. The molecule has 1 radical (unpaired) electrons. The predicted octanol–water partition coefficient (Wildman–Crippen LogP) is 1.39. The molecule has 7 heavy (non-hydrogen) atoms. The van der Waals surface area contributed by atoms with Crippen LogP contribution in [0.25, 0.3) is 0 Å². The summed E-state index contributed by atoms with van der Waals surface area (Å²) in [5.41, 5.74) is 0. The van der Waals surface area contributed by atoms with Gasteiger partial charge in [-0.25, -0.2) is 6.07 Å². The monoisotopic (exact) mass is 170 g/mol. The fourth-order valence-corrected chi connectivity index (χ4v) is 0.312. The van der Waals surface area contributed by atoms with Crippen molar-refractivity contribution in [3.05, 3.63) is 24.2 Å². The molecule has 0 amide bonds. The Hall–Kier alpha value is 0.384. The van der Waals surface area contributed by atoms with Crippen molar-refractivity contribution in [2.45, 2.75) is 6.92 Å². The molecule has 2 heteroatoms. The summed E-state index contributed by atoms with van der Waals surface area (Å²) < 4.78 is 4.78. The van der Waals surface area contributed by atoms with Gasteiger partial charge in [-0.2, -0.15) is 6.07 Å². The average Bonchev–Trinajstić information content (AvgIpc) is 1.86. The molecule has 0 unspecified atom stereocenters. The first-order chi connectivity index (χ1) is 2.89. The number of furan rings is 1. The Balaban J connectivity index is 0.000000360. The van der Waals surface area contributed by atoms with Gasteiger partial charge in [0.2, 0.25) is 0 Å². The van der Waals surface area contributed by atoms with E-state index < -0.39 is 0 Å². The first-order valence-corrected chi connectivity index (χ1v) is 1.81. The number of rotatable bonds is 0. The van der Waals surface area contributed by atoms with Gasteiger partial charge in [-0.3, -0.25) is 0 Å². The van der Waals surface area contributed by atoms with E-state index in [1.54, 1.807) is 6.07 Å². The summed E-state index contributed by atoms with van der Waals surface area (Å²) in [5.74, 6) is 0.912. The van der Waals surface area contributed by atoms with Crippen LogP contribution in [-0.2, 0) is 32.7 Å². The summed E-state index contributed by atoms with van der Waals surface area (Å²) in [7, 11) is 0. The van der Waals surface area contributed by atoms with E-state index in [4.69, 9.17) is 4.42 Å². The molecule has 35 valence electrons. The molecule has 0 saturated carbocycles. The van der Waals surface area contributed by atoms with Gasteiger partial charge >= 0.3 is 0 Å². The van der Waals surface area contributed by atoms with Crippen molar-refractivity contribution in [2.75, 3.05) is 0 Å². The van der Waals surface area contributed by atoms with Crippen molar-refractivity contribution in [3.63, 3.8) is 0 Å². The van der Waals surface area contributed by atoms with E-state index in [1.807, 2.05) is 6.92 Å². The van der Waals surface area contributed by atoms with Crippen molar-refractivity contribution in [2.24, 2.45) is 0 Å². The zero-order valence-corrected chi connectivity index (χ0v) is 6.98. The molecule has 0 aromatic carbocycles. The largest absolute Gasteiger partial charge is 0.574 e. The van der Waals surface area contributed by atoms with Gasteiger partial charge in [0.15, 0.2) is 0 Å². The minimum Gasteiger partial charge on any atom is -0.574 e. The zero-order valence-electron chi connectivity index (χ0n) is 4.14. The third-order valence-electron chi connectivity index (χ3n) is 0.599. The van der Waals surface area contributed by atoms with Gasteiger partial charge in [0.05, 0.1) is 0 Å². The molecule has 1 nitrogen and oxygen atoms in total. The Morgan fingerprint density at radius 3 is 2.57 bits per heavy atom. The van der Waals surface area contributed by atoms with Gasteiger partial charge in [0, 0.05) is 32.7 Å². The summed E-state index contributed by atoms with van der Waals surface area (Å²) in [5, 5.41) is 0. The normalized spacial score (nSPS) is 7.57. The Bertz CT molecular complexity index is 112. The van der Waals surface area contributed by atoms with Crippen LogP contribution in [0.5, 0.6) is 0 Å². The molecular weight excluding hydrogens is 165 g/mol. The smallest absolute Gasteiger partial charge is 0 e. The first-order valence-electron chi connectivity index (χ1n) is 1.81. The maximum absolute atomic E-state index is 4.78. The maximum atomic E-state index is 4.78. The quantitative estimate of drug-likeness (QED) is 0.536. The van der Waals surface area contributed by atoms with Gasteiger partial charge in [-0.05, 0) is 6.26 Å². The second kappa shape index (κ2) is 3.39. The predicted molar refractivity (Wildman–Crippen MR) is 22.3 cm³/mol. The van der Waals surface area contributed by atoms with Crippen LogP contribution in [-0.4, -0.2) is 0 Å². The molecule has 0 N–H and O–H groups in total. The van der Waals surface area contributed by atoms with Gasteiger partial charge in [-0.15, -0.1) is 0 Å². The summed E-state index contributed by atoms with van der Waals surface area (Å²) >= 11 is 0. The minimum absolute atomic E-state index is 0. The van der Waals surface area contributed by atoms with Crippen molar-refractivity contribution in [1.82, 2.24) is 0 Å². The van der Waals surface area contributed by atoms with Crippen LogP contribution in [0.2, 0.25) is 0 Å². The molecular formula is C5H5OY-. The SMILES string of the molecule is Cc1c[c-]co1.[Y].